The summed E-state index contributed by atoms with van der Waals surface area (Å²) < 4.78 is 37.9. The Morgan fingerprint density at radius 2 is 2.04 bits per heavy atom. The molecule has 2 atom stereocenters. The van der Waals surface area contributed by atoms with Gasteiger partial charge < -0.3 is 9.47 Å². The van der Waals surface area contributed by atoms with Gasteiger partial charge in [-0.15, -0.1) is 0 Å². The predicted octanol–water partition coefficient (Wildman–Crippen LogP) is 4.08. The van der Waals surface area contributed by atoms with Crippen molar-refractivity contribution in [2.75, 3.05) is 19.8 Å². The lowest BCUT2D eigenvalue weighted by atomic mass is 9.91. The molecule has 0 aliphatic carbocycles. The molecule has 0 radical (unpaired) electrons. The molecule has 0 amide bonds. The number of benzene rings is 1. The van der Waals surface area contributed by atoms with Crippen molar-refractivity contribution in [3.05, 3.63) is 48.2 Å². The van der Waals surface area contributed by atoms with Crippen molar-refractivity contribution in [3.8, 4) is 17.0 Å². The van der Waals surface area contributed by atoms with E-state index in [1.54, 1.807) is 24.3 Å². The molecule has 3 nitrogen and oxygen atoms in total. The van der Waals surface area contributed by atoms with Gasteiger partial charge in [0.2, 0.25) is 0 Å². The third-order valence-corrected chi connectivity index (χ3v) is 4.25. The van der Waals surface area contributed by atoms with Crippen LogP contribution in [0.1, 0.15) is 13.3 Å². The van der Waals surface area contributed by atoms with Gasteiger partial charge in [0, 0.05) is 24.2 Å². The first-order valence-corrected chi connectivity index (χ1v) is 7.75. The molecule has 1 fully saturated rings. The van der Waals surface area contributed by atoms with Gasteiger partial charge in [-0.1, -0.05) is 6.92 Å². The van der Waals surface area contributed by atoms with Crippen LogP contribution in [0.25, 0.3) is 11.3 Å². The average Bonchev–Trinajstić information content (AvgIpc) is 2.55. The number of ether oxygens (including phenoxy) is 2. The molecule has 0 unspecified atom stereocenters. The summed E-state index contributed by atoms with van der Waals surface area (Å²) in [6, 6.07) is 7.82. The van der Waals surface area contributed by atoms with Crippen LogP contribution >= 0.6 is 0 Å². The fourth-order valence-corrected chi connectivity index (χ4v) is 2.66. The van der Waals surface area contributed by atoms with E-state index in [1.807, 2.05) is 0 Å². The summed E-state index contributed by atoms with van der Waals surface area (Å²) in [5, 5.41) is 0. The molecule has 1 aromatic heterocycles. The number of hydrogen-bond acceptors (Lipinski definition) is 3. The Morgan fingerprint density at radius 3 is 2.74 bits per heavy atom. The maximum Gasteiger partial charge on any atom is 0.152 e. The van der Waals surface area contributed by atoms with Gasteiger partial charge in [-0.2, -0.15) is 0 Å². The van der Waals surface area contributed by atoms with E-state index in [9.17, 15) is 8.78 Å². The Hall–Kier alpha value is -2.01. The molecule has 0 bridgehead atoms. The van der Waals surface area contributed by atoms with E-state index in [0.29, 0.717) is 29.8 Å². The topological polar surface area (TPSA) is 31.4 Å². The van der Waals surface area contributed by atoms with Crippen molar-refractivity contribution < 1.29 is 18.3 Å². The maximum absolute atomic E-state index is 13.7. The first-order valence-electron chi connectivity index (χ1n) is 7.75. The summed E-state index contributed by atoms with van der Waals surface area (Å²) in [6.45, 7) is 4.36. The van der Waals surface area contributed by atoms with Crippen LogP contribution in [0.3, 0.4) is 0 Å². The lowest BCUT2D eigenvalue weighted by Crippen LogP contribution is -2.30. The van der Waals surface area contributed by atoms with Crippen LogP contribution in [0.15, 0.2) is 36.5 Å². The molecule has 1 saturated heterocycles. The highest BCUT2D eigenvalue weighted by Crippen LogP contribution is 2.25. The molecule has 0 saturated carbocycles. The lowest BCUT2D eigenvalue weighted by Gasteiger charge is -2.28. The molecular weight excluding hydrogens is 300 g/mol. The highest BCUT2D eigenvalue weighted by atomic mass is 19.1. The van der Waals surface area contributed by atoms with E-state index >= 15 is 0 Å². The summed E-state index contributed by atoms with van der Waals surface area (Å²) >= 11 is 0. The minimum Gasteiger partial charge on any atom is -0.493 e. The van der Waals surface area contributed by atoms with Gasteiger partial charge in [0.25, 0.3) is 0 Å². The van der Waals surface area contributed by atoms with Crippen molar-refractivity contribution in [3.63, 3.8) is 0 Å². The number of aromatic nitrogens is 1. The first kappa shape index (κ1) is 15.9. The maximum atomic E-state index is 13.7. The predicted molar refractivity (Wildman–Crippen MR) is 83.2 cm³/mol. The largest absolute Gasteiger partial charge is 0.493 e. The van der Waals surface area contributed by atoms with E-state index in [1.165, 1.54) is 0 Å². The second kappa shape index (κ2) is 7.04. The zero-order valence-electron chi connectivity index (χ0n) is 13.0. The Bertz CT molecular complexity index is 661. The monoisotopic (exact) mass is 319 g/mol. The first-order chi connectivity index (χ1) is 11.1. The SMILES string of the molecule is C[C@@H]1CCOC[C@H]1COc1ccc(-c2ncc(F)cc2F)cc1. The van der Waals surface area contributed by atoms with E-state index < -0.39 is 11.6 Å². The molecule has 122 valence electrons. The molecule has 2 aromatic rings. The molecule has 3 rings (SSSR count). The third-order valence-electron chi connectivity index (χ3n) is 4.25. The van der Waals surface area contributed by atoms with Crippen molar-refractivity contribution >= 4 is 0 Å². The van der Waals surface area contributed by atoms with Gasteiger partial charge in [-0.05, 0) is 36.6 Å². The second-order valence-electron chi connectivity index (χ2n) is 5.92. The van der Waals surface area contributed by atoms with E-state index in [4.69, 9.17) is 9.47 Å². The van der Waals surface area contributed by atoms with E-state index in [0.717, 1.165) is 31.9 Å². The number of halogens is 2. The summed E-state index contributed by atoms with van der Waals surface area (Å²) in [5.74, 6) is 0.330. The quantitative estimate of drug-likeness (QED) is 0.851. The zero-order valence-corrected chi connectivity index (χ0v) is 13.0. The highest BCUT2D eigenvalue weighted by molar-refractivity contribution is 5.60. The molecule has 0 N–H and O–H groups in total. The fourth-order valence-electron chi connectivity index (χ4n) is 2.66. The minimum absolute atomic E-state index is 0.132. The van der Waals surface area contributed by atoms with Crippen LogP contribution in [0.5, 0.6) is 5.75 Å². The molecule has 5 heteroatoms. The van der Waals surface area contributed by atoms with Crippen LogP contribution in [0, 0.1) is 23.5 Å². The Morgan fingerprint density at radius 1 is 1.26 bits per heavy atom. The van der Waals surface area contributed by atoms with Gasteiger partial charge in [-0.3, -0.25) is 4.98 Å². The number of rotatable bonds is 4. The standard InChI is InChI=1S/C18H19F2NO2/c1-12-6-7-22-10-14(12)11-23-16-4-2-13(3-5-16)18-17(20)8-15(19)9-21-18/h2-5,8-9,12,14H,6-7,10-11H2,1H3/t12-,14+/m1/s1. The second-order valence-corrected chi connectivity index (χ2v) is 5.92. The molecular formula is C18H19F2NO2. The highest BCUT2D eigenvalue weighted by Gasteiger charge is 2.22. The van der Waals surface area contributed by atoms with Crippen LogP contribution in [0.2, 0.25) is 0 Å². The average molecular weight is 319 g/mol. The van der Waals surface area contributed by atoms with Crippen LogP contribution < -0.4 is 4.74 Å². The normalized spacial score (nSPS) is 21.2. The van der Waals surface area contributed by atoms with Crippen molar-refractivity contribution in [1.29, 1.82) is 0 Å². The fraction of sp³-hybridized carbons (Fsp3) is 0.389. The van der Waals surface area contributed by atoms with Crippen LogP contribution in [-0.4, -0.2) is 24.8 Å². The van der Waals surface area contributed by atoms with Gasteiger partial charge in [0.15, 0.2) is 5.82 Å². The molecule has 23 heavy (non-hydrogen) atoms. The Labute approximate surface area is 134 Å². The van der Waals surface area contributed by atoms with Gasteiger partial charge >= 0.3 is 0 Å². The van der Waals surface area contributed by atoms with Crippen molar-refractivity contribution in [2.45, 2.75) is 13.3 Å². The summed E-state index contributed by atoms with van der Waals surface area (Å²) in [5.41, 5.74) is 0.719. The zero-order chi connectivity index (χ0) is 16.2. The molecule has 1 aromatic carbocycles. The minimum atomic E-state index is -0.685. The van der Waals surface area contributed by atoms with Crippen molar-refractivity contribution in [1.82, 2.24) is 4.98 Å². The van der Waals surface area contributed by atoms with E-state index in [2.05, 4.69) is 11.9 Å². The summed E-state index contributed by atoms with van der Waals surface area (Å²) in [6.07, 6.45) is 2.07. The lowest BCUT2D eigenvalue weighted by molar-refractivity contribution is 0.00349. The summed E-state index contributed by atoms with van der Waals surface area (Å²) in [7, 11) is 0. The Balaban J connectivity index is 1.65. The molecule has 2 heterocycles. The van der Waals surface area contributed by atoms with Gasteiger partial charge in [0.1, 0.15) is 17.3 Å². The Kier molecular flexibility index (Phi) is 4.86. The van der Waals surface area contributed by atoms with E-state index in [-0.39, 0.29) is 5.69 Å². The summed E-state index contributed by atoms with van der Waals surface area (Å²) in [4.78, 5) is 3.80. The molecule has 1 aliphatic heterocycles. The molecule has 1 aliphatic rings. The van der Waals surface area contributed by atoms with Gasteiger partial charge in [0.05, 0.1) is 19.4 Å². The van der Waals surface area contributed by atoms with Gasteiger partial charge in [-0.25, -0.2) is 8.78 Å². The number of pyridine rings is 1. The smallest absolute Gasteiger partial charge is 0.152 e. The third kappa shape index (κ3) is 3.85. The number of nitrogens with zero attached hydrogens (tertiary/aromatic N) is 1. The van der Waals surface area contributed by atoms with Crippen LogP contribution in [0.4, 0.5) is 8.78 Å². The van der Waals surface area contributed by atoms with Crippen LogP contribution in [-0.2, 0) is 4.74 Å². The molecule has 0 spiro atoms. The number of hydrogen-bond donors (Lipinski definition) is 0. The van der Waals surface area contributed by atoms with Crippen molar-refractivity contribution in [2.24, 2.45) is 11.8 Å².